The summed E-state index contributed by atoms with van der Waals surface area (Å²) in [6, 6.07) is 7.78. The van der Waals surface area contributed by atoms with Crippen molar-refractivity contribution in [1.82, 2.24) is 20.1 Å². The van der Waals surface area contributed by atoms with Crippen LogP contribution in [0.3, 0.4) is 0 Å². The maximum Gasteiger partial charge on any atom is 0.263 e. The number of benzene rings is 1. The number of nitrogens with one attached hydrogen (secondary N) is 1. The summed E-state index contributed by atoms with van der Waals surface area (Å²) in [4.78, 5) is 17.3. The number of halogens is 1. The third kappa shape index (κ3) is 4.21. The number of aliphatic hydroxyl groups is 1. The van der Waals surface area contributed by atoms with Gasteiger partial charge < -0.3 is 10.4 Å². The first-order chi connectivity index (χ1) is 12.9. The number of aryl methyl sites for hydroxylation is 2. The van der Waals surface area contributed by atoms with Crippen LogP contribution in [0.4, 0.5) is 0 Å². The molecule has 27 heavy (non-hydrogen) atoms. The van der Waals surface area contributed by atoms with Gasteiger partial charge in [-0.2, -0.15) is 5.10 Å². The number of hydrogen-bond donors (Lipinski definition) is 2. The maximum atomic E-state index is 12.2. The summed E-state index contributed by atoms with van der Waals surface area (Å²) in [7, 11) is 0. The van der Waals surface area contributed by atoms with Gasteiger partial charge in [0.15, 0.2) is 0 Å². The van der Waals surface area contributed by atoms with Crippen molar-refractivity contribution in [2.75, 3.05) is 13.2 Å². The maximum absolute atomic E-state index is 12.2. The van der Waals surface area contributed by atoms with Crippen LogP contribution in [0.2, 0.25) is 5.02 Å². The summed E-state index contributed by atoms with van der Waals surface area (Å²) in [5.74, 6) is -0.229. The van der Waals surface area contributed by atoms with Crippen molar-refractivity contribution in [1.29, 1.82) is 0 Å². The zero-order valence-electron chi connectivity index (χ0n) is 15.4. The third-order valence-corrected chi connectivity index (χ3v) is 5.69. The third-order valence-electron chi connectivity index (χ3n) is 4.31. The quantitative estimate of drug-likeness (QED) is 0.661. The standard InChI is InChI=1S/C19H21ClN4O2S/c1-11-16(10-14-4-6-15(20)7-5-14)13(3)24(23-11)19-22-12(2)17(27-19)18(26)21-8-9-25/h4-7,25H,8-10H2,1-3H3,(H,21,26). The number of rotatable bonds is 6. The molecular formula is C19H21ClN4O2S. The van der Waals surface area contributed by atoms with Gasteiger partial charge in [-0.25, -0.2) is 9.67 Å². The second-order valence-electron chi connectivity index (χ2n) is 6.25. The van der Waals surface area contributed by atoms with Crippen LogP contribution in [0.1, 0.15) is 37.9 Å². The van der Waals surface area contributed by atoms with E-state index >= 15 is 0 Å². The normalized spacial score (nSPS) is 11.0. The van der Waals surface area contributed by atoms with Gasteiger partial charge >= 0.3 is 0 Å². The predicted molar refractivity (Wildman–Crippen MR) is 107 cm³/mol. The molecule has 0 aliphatic heterocycles. The van der Waals surface area contributed by atoms with Crippen molar-refractivity contribution < 1.29 is 9.90 Å². The topological polar surface area (TPSA) is 80.0 Å². The molecule has 0 atom stereocenters. The summed E-state index contributed by atoms with van der Waals surface area (Å²) in [5.41, 5.74) is 4.87. The Morgan fingerprint density at radius 3 is 2.59 bits per heavy atom. The first-order valence-electron chi connectivity index (χ1n) is 8.57. The molecule has 0 saturated heterocycles. The lowest BCUT2D eigenvalue weighted by molar-refractivity contribution is 0.0948. The van der Waals surface area contributed by atoms with E-state index in [1.807, 2.05) is 38.1 Å². The molecule has 0 saturated carbocycles. The molecule has 8 heteroatoms. The smallest absolute Gasteiger partial charge is 0.263 e. The average Bonchev–Trinajstić information content (AvgIpc) is 3.16. The molecule has 0 unspecified atom stereocenters. The second kappa shape index (κ2) is 8.21. The first-order valence-corrected chi connectivity index (χ1v) is 9.76. The molecule has 0 aliphatic rings. The number of thiazole rings is 1. The van der Waals surface area contributed by atoms with E-state index in [-0.39, 0.29) is 19.1 Å². The molecule has 0 radical (unpaired) electrons. The minimum Gasteiger partial charge on any atom is -0.395 e. The minimum atomic E-state index is -0.229. The van der Waals surface area contributed by atoms with E-state index in [1.165, 1.54) is 11.3 Å². The minimum absolute atomic E-state index is 0.0953. The molecule has 0 bridgehead atoms. The lowest BCUT2D eigenvalue weighted by Gasteiger charge is -2.04. The monoisotopic (exact) mass is 404 g/mol. The summed E-state index contributed by atoms with van der Waals surface area (Å²) >= 11 is 7.26. The summed E-state index contributed by atoms with van der Waals surface area (Å²) in [6.07, 6.45) is 0.753. The van der Waals surface area contributed by atoms with E-state index in [4.69, 9.17) is 16.7 Å². The lowest BCUT2D eigenvalue weighted by Crippen LogP contribution is -2.26. The van der Waals surface area contributed by atoms with E-state index in [0.29, 0.717) is 20.7 Å². The van der Waals surface area contributed by atoms with Crippen LogP contribution in [0.15, 0.2) is 24.3 Å². The average molecular weight is 405 g/mol. The molecule has 0 fully saturated rings. The van der Waals surface area contributed by atoms with Gasteiger partial charge in [-0.1, -0.05) is 35.1 Å². The highest BCUT2D eigenvalue weighted by Crippen LogP contribution is 2.26. The molecule has 1 aromatic carbocycles. The summed E-state index contributed by atoms with van der Waals surface area (Å²) < 4.78 is 1.79. The highest BCUT2D eigenvalue weighted by molar-refractivity contribution is 7.16. The SMILES string of the molecule is Cc1nc(-n2nc(C)c(Cc3ccc(Cl)cc3)c2C)sc1C(=O)NCCO. The summed E-state index contributed by atoms with van der Waals surface area (Å²) in [6.45, 7) is 5.91. The van der Waals surface area contributed by atoms with E-state index in [2.05, 4.69) is 15.4 Å². The Morgan fingerprint density at radius 1 is 1.22 bits per heavy atom. The van der Waals surface area contributed by atoms with Crippen LogP contribution < -0.4 is 5.32 Å². The van der Waals surface area contributed by atoms with Gasteiger partial charge in [0, 0.05) is 29.2 Å². The van der Waals surface area contributed by atoms with Gasteiger partial charge in [0.2, 0.25) is 5.13 Å². The van der Waals surface area contributed by atoms with E-state index < -0.39 is 0 Å². The largest absolute Gasteiger partial charge is 0.395 e. The fraction of sp³-hybridized carbons (Fsp3) is 0.316. The number of hydrogen-bond acceptors (Lipinski definition) is 5. The first kappa shape index (κ1) is 19.5. The lowest BCUT2D eigenvalue weighted by atomic mass is 10.0. The fourth-order valence-corrected chi connectivity index (χ4v) is 3.97. The molecule has 6 nitrogen and oxygen atoms in total. The van der Waals surface area contributed by atoms with Crippen molar-refractivity contribution in [3.8, 4) is 5.13 Å². The van der Waals surface area contributed by atoms with Crippen molar-refractivity contribution in [3.05, 3.63) is 62.4 Å². The van der Waals surface area contributed by atoms with Crippen LogP contribution in [-0.2, 0) is 6.42 Å². The van der Waals surface area contributed by atoms with Crippen LogP contribution in [0, 0.1) is 20.8 Å². The second-order valence-corrected chi connectivity index (χ2v) is 7.67. The Kier molecular flexibility index (Phi) is 5.94. The van der Waals surface area contributed by atoms with E-state index in [9.17, 15) is 4.79 Å². The Hall–Kier alpha value is -2.22. The van der Waals surface area contributed by atoms with E-state index in [0.717, 1.165) is 28.9 Å². The molecular weight excluding hydrogens is 384 g/mol. The zero-order chi connectivity index (χ0) is 19.6. The Labute approximate surface area is 166 Å². The predicted octanol–water partition coefficient (Wildman–Crippen LogP) is 3.22. The Morgan fingerprint density at radius 2 is 1.93 bits per heavy atom. The van der Waals surface area contributed by atoms with E-state index in [1.54, 1.807) is 11.6 Å². The molecule has 142 valence electrons. The molecule has 3 aromatic rings. The summed E-state index contributed by atoms with van der Waals surface area (Å²) in [5, 5.41) is 17.5. The van der Waals surface area contributed by atoms with Gasteiger partial charge in [-0.05, 0) is 38.5 Å². The molecule has 0 spiro atoms. The van der Waals surface area contributed by atoms with Gasteiger partial charge in [-0.15, -0.1) is 0 Å². The van der Waals surface area contributed by atoms with Crippen molar-refractivity contribution in [2.24, 2.45) is 0 Å². The van der Waals surface area contributed by atoms with Gasteiger partial charge in [0.25, 0.3) is 5.91 Å². The molecule has 1 amide bonds. The van der Waals surface area contributed by atoms with Crippen LogP contribution in [0.5, 0.6) is 0 Å². The van der Waals surface area contributed by atoms with Crippen molar-refractivity contribution >= 4 is 28.8 Å². The molecule has 0 aliphatic carbocycles. The van der Waals surface area contributed by atoms with Crippen LogP contribution in [0.25, 0.3) is 5.13 Å². The fourth-order valence-electron chi connectivity index (χ4n) is 2.86. The van der Waals surface area contributed by atoms with Gasteiger partial charge in [-0.3, -0.25) is 4.79 Å². The molecule has 2 heterocycles. The molecule has 3 rings (SSSR count). The number of carbonyl (C=O) groups excluding carboxylic acids is 1. The van der Waals surface area contributed by atoms with Crippen LogP contribution in [-0.4, -0.2) is 38.9 Å². The van der Waals surface area contributed by atoms with Gasteiger partial charge in [0.1, 0.15) is 4.88 Å². The number of aliphatic hydroxyl groups excluding tert-OH is 1. The molecule has 2 N–H and O–H groups in total. The van der Waals surface area contributed by atoms with Gasteiger partial charge in [0.05, 0.1) is 18.0 Å². The molecule has 2 aromatic heterocycles. The van der Waals surface area contributed by atoms with Crippen LogP contribution >= 0.6 is 22.9 Å². The Bertz CT molecular complexity index is 963. The number of nitrogens with zero attached hydrogens (tertiary/aromatic N) is 3. The van der Waals surface area contributed by atoms with Crippen molar-refractivity contribution in [2.45, 2.75) is 27.2 Å². The number of aromatic nitrogens is 3. The van der Waals surface area contributed by atoms with Crippen molar-refractivity contribution in [3.63, 3.8) is 0 Å². The zero-order valence-corrected chi connectivity index (χ0v) is 17.0. The Balaban J connectivity index is 1.90. The highest BCUT2D eigenvalue weighted by atomic mass is 35.5. The highest BCUT2D eigenvalue weighted by Gasteiger charge is 2.20. The number of carbonyl (C=O) groups is 1. The number of amides is 1.